The van der Waals surface area contributed by atoms with E-state index in [-0.39, 0.29) is 44.0 Å². The van der Waals surface area contributed by atoms with Crippen molar-refractivity contribution in [1.29, 1.82) is 0 Å². The third kappa shape index (κ3) is 50.2. The molecule has 0 saturated carbocycles. The van der Waals surface area contributed by atoms with E-state index in [1.54, 1.807) is 0 Å². The number of hydrogen-bond donors (Lipinski definition) is 0. The van der Waals surface area contributed by atoms with Crippen molar-refractivity contribution in [3.63, 3.8) is 0 Å². The maximum atomic E-state index is 12.8. The van der Waals surface area contributed by atoms with Crippen molar-refractivity contribution in [3.8, 4) is 0 Å². The van der Waals surface area contributed by atoms with E-state index < -0.39 is 6.10 Å². The predicted molar refractivity (Wildman–Crippen MR) is 279 cm³/mol. The van der Waals surface area contributed by atoms with Gasteiger partial charge in [-0.05, 0) is 89.9 Å². The highest BCUT2D eigenvalue weighted by atomic mass is 16.6. The fourth-order valence-corrected chi connectivity index (χ4v) is 6.29. The second-order valence-corrected chi connectivity index (χ2v) is 16.1. The Morgan fingerprint density at radius 1 is 0.323 bits per heavy atom. The normalized spacial score (nSPS) is 13.3. The summed E-state index contributed by atoms with van der Waals surface area (Å²) in [6, 6.07) is 0. The molecule has 6 nitrogen and oxygen atoms in total. The van der Waals surface area contributed by atoms with Gasteiger partial charge in [-0.15, -0.1) is 0 Å². The van der Waals surface area contributed by atoms with Gasteiger partial charge in [0.1, 0.15) is 13.2 Å². The quantitative estimate of drug-likeness (QED) is 0.0199. The third-order valence-electron chi connectivity index (χ3n) is 10.0. The lowest BCUT2D eigenvalue weighted by atomic mass is 10.1. The summed E-state index contributed by atoms with van der Waals surface area (Å²) in [6.45, 7) is 6.14. The van der Waals surface area contributed by atoms with Gasteiger partial charge in [-0.3, -0.25) is 14.4 Å². The van der Waals surface area contributed by atoms with E-state index in [1.165, 1.54) is 32.1 Å². The summed E-state index contributed by atoms with van der Waals surface area (Å²) in [7, 11) is 0. The van der Waals surface area contributed by atoms with E-state index in [9.17, 15) is 14.4 Å². The molecule has 0 aliphatic heterocycles. The third-order valence-corrected chi connectivity index (χ3v) is 10.0. The largest absolute Gasteiger partial charge is 0.462 e. The van der Waals surface area contributed by atoms with Gasteiger partial charge in [0.25, 0.3) is 0 Å². The van der Waals surface area contributed by atoms with Gasteiger partial charge in [0.15, 0.2) is 6.10 Å². The second kappa shape index (κ2) is 51.9. The number of ether oxygens (including phenoxy) is 3. The molecule has 0 amide bonds. The monoisotopic (exact) mass is 895 g/mol. The molecule has 0 spiro atoms. The van der Waals surface area contributed by atoms with Crippen LogP contribution in [0.5, 0.6) is 0 Å². The zero-order chi connectivity index (χ0) is 47.2. The fraction of sp³-hybridized carbons (Fsp3) is 0.542. The van der Waals surface area contributed by atoms with Gasteiger partial charge in [-0.25, -0.2) is 0 Å². The Labute approximate surface area is 397 Å². The first-order chi connectivity index (χ1) is 32.0. The molecule has 0 aliphatic carbocycles. The topological polar surface area (TPSA) is 78.9 Å². The highest BCUT2D eigenvalue weighted by molar-refractivity contribution is 5.71. The number of carbonyl (C=O) groups is 3. The van der Waals surface area contributed by atoms with E-state index in [2.05, 4.69) is 112 Å². The van der Waals surface area contributed by atoms with E-state index >= 15 is 0 Å². The van der Waals surface area contributed by atoms with Crippen molar-refractivity contribution < 1.29 is 28.6 Å². The summed E-state index contributed by atoms with van der Waals surface area (Å²) in [4.78, 5) is 38.0. The molecule has 0 radical (unpaired) electrons. The summed E-state index contributed by atoms with van der Waals surface area (Å²) in [5, 5.41) is 0. The van der Waals surface area contributed by atoms with Crippen LogP contribution in [0.25, 0.3) is 0 Å². The summed E-state index contributed by atoms with van der Waals surface area (Å²) in [6.07, 6.45) is 74.1. The predicted octanol–water partition coefficient (Wildman–Crippen LogP) is 16.9. The molecule has 1 unspecified atom stereocenters. The van der Waals surface area contributed by atoms with Gasteiger partial charge >= 0.3 is 17.9 Å². The number of esters is 3. The maximum absolute atomic E-state index is 12.8. The first kappa shape index (κ1) is 60.3. The van der Waals surface area contributed by atoms with Gasteiger partial charge < -0.3 is 14.2 Å². The molecule has 0 bridgehead atoms. The van der Waals surface area contributed by atoms with Crippen molar-refractivity contribution in [3.05, 3.63) is 146 Å². The lowest BCUT2D eigenvalue weighted by molar-refractivity contribution is -0.167. The van der Waals surface area contributed by atoms with E-state index in [0.717, 1.165) is 109 Å². The molecular weight excluding hydrogens is 805 g/mol. The first-order valence-corrected chi connectivity index (χ1v) is 25.4. The SMILES string of the molecule is CC/C=C/C=C/C=C/C=C/C=C/CCCC(=O)OCC(COC(=O)CCCCCCCC/C=C/C/C=C/C/C=C/C/C=C/CC)OC(=O)CCCCCCCCC/C=C/C=C/C=C/CC. The van der Waals surface area contributed by atoms with E-state index in [1.807, 2.05) is 54.7 Å². The van der Waals surface area contributed by atoms with Crippen molar-refractivity contribution in [2.75, 3.05) is 13.2 Å². The molecule has 6 heteroatoms. The molecule has 0 heterocycles. The van der Waals surface area contributed by atoms with Crippen LogP contribution in [-0.2, 0) is 28.6 Å². The molecule has 0 N–H and O–H groups in total. The standard InChI is InChI=1S/C59H90O6/c1-4-7-10-13-16-19-22-25-27-28-29-30-32-34-37-40-43-46-49-52-58(61)64-55-56(54-63-57(60)51-48-45-42-39-36-33-24-21-18-15-12-9-6-3)65-59(62)53-50-47-44-41-38-35-31-26-23-20-17-14-11-8-5-2/h7-12,14-21,23-25,27,29-30,33,36,39,42,56H,4-6,13,22,26,28,31-32,34-35,37-38,40-41,43-55H2,1-3H3/b10-7+,11-8+,12-9+,17-14+,18-15+,19-16+,23-20+,24-21+,27-25+,30-29+,36-33+,42-39+. The molecule has 362 valence electrons. The van der Waals surface area contributed by atoms with Crippen LogP contribution in [0.1, 0.15) is 188 Å². The fourth-order valence-electron chi connectivity index (χ4n) is 6.29. The van der Waals surface area contributed by atoms with Crippen LogP contribution in [0, 0.1) is 0 Å². The smallest absolute Gasteiger partial charge is 0.306 e. The molecule has 0 fully saturated rings. The number of unbranched alkanes of at least 4 members (excludes halogenated alkanes) is 14. The highest BCUT2D eigenvalue weighted by Crippen LogP contribution is 2.13. The Bertz CT molecular complexity index is 1490. The van der Waals surface area contributed by atoms with Gasteiger partial charge in [-0.1, -0.05) is 224 Å². The summed E-state index contributed by atoms with van der Waals surface area (Å²) in [5.74, 6) is -1.03. The molecule has 65 heavy (non-hydrogen) atoms. The van der Waals surface area contributed by atoms with Crippen LogP contribution >= 0.6 is 0 Å². The Kier molecular flexibility index (Phi) is 48.2. The number of rotatable bonds is 43. The van der Waals surface area contributed by atoms with Crippen molar-refractivity contribution in [1.82, 2.24) is 0 Å². The molecule has 0 aromatic rings. The Balaban J connectivity index is 4.53. The van der Waals surface area contributed by atoms with Crippen LogP contribution in [0.2, 0.25) is 0 Å². The zero-order valence-electron chi connectivity index (χ0n) is 41.2. The van der Waals surface area contributed by atoms with Gasteiger partial charge in [0.2, 0.25) is 0 Å². The number of hydrogen-bond acceptors (Lipinski definition) is 6. The van der Waals surface area contributed by atoms with Gasteiger partial charge in [-0.2, -0.15) is 0 Å². The van der Waals surface area contributed by atoms with Crippen LogP contribution in [0.4, 0.5) is 0 Å². The van der Waals surface area contributed by atoms with Crippen LogP contribution in [0.3, 0.4) is 0 Å². The average Bonchev–Trinajstić information content (AvgIpc) is 3.30. The molecule has 1 atom stereocenters. The van der Waals surface area contributed by atoms with Crippen LogP contribution < -0.4 is 0 Å². The Morgan fingerprint density at radius 2 is 0.646 bits per heavy atom. The number of carbonyl (C=O) groups excluding carboxylic acids is 3. The van der Waals surface area contributed by atoms with Gasteiger partial charge in [0, 0.05) is 19.3 Å². The Morgan fingerprint density at radius 3 is 1.11 bits per heavy atom. The summed E-state index contributed by atoms with van der Waals surface area (Å²) >= 11 is 0. The second-order valence-electron chi connectivity index (χ2n) is 16.1. The lowest BCUT2D eigenvalue weighted by Crippen LogP contribution is -2.30. The molecule has 0 aromatic heterocycles. The summed E-state index contributed by atoms with van der Waals surface area (Å²) < 4.78 is 16.7. The minimum absolute atomic E-state index is 0.120. The van der Waals surface area contributed by atoms with E-state index in [4.69, 9.17) is 14.2 Å². The highest BCUT2D eigenvalue weighted by Gasteiger charge is 2.19. The van der Waals surface area contributed by atoms with Crippen molar-refractivity contribution in [2.45, 2.75) is 194 Å². The Hall–Kier alpha value is -4.71. The average molecular weight is 895 g/mol. The maximum Gasteiger partial charge on any atom is 0.306 e. The molecule has 0 rings (SSSR count). The molecular formula is C59H90O6. The zero-order valence-corrected chi connectivity index (χ0v) is 41.2. The molecule has 0 aromatic carbocycles. The minimum atomic E-state index is -0.825. The van der Waals surface area contributed by atoms with Crippen LogP contribution in [0.15, 0.2) is 146 Å². The molecule has 0 saturated heterocycles. The van der Waals surface area contributed by atoms with Crippen molar-refractivity contribution >= 4 is 17.9 Å². The van der Waals surface area contributed by atoms with E-state index in [0.29, 0.717) is 12.8 Å². The van der Waals surface area contributed by atoms with Crippen molar-refractivity contribution in [2.24, 2.45) is 0 Å². The number of allylic oxidation sites excluding steroid dienone is 24. The van der Waals surface area contributed by atoms with Crippen LogP contribution in [-0.4, -0.2) is 37.2 Å². The molecule has 0 aliphatic rings. The first-order valence-electron chi connectivity index (χ1n) is 25.4. The summed E-state index contributed by atoms with van der Waals surface area (Å²) in [5.41, 5.74) is 0. The minimum Gasteiger partial charge on any atom is -0.462 e. The lowest BCUT2D eigenvalue weighted by Gasteiger charge is -2.18. The van der Waals surface area contributed by atoms with Gasteiger partial charge in [0.05, 0.1) is 0 Å².